The summed E-state index contributed by atoms with van der Waals surface area (Å²) < 4.78 is 0. The lowest BCUT2D eigenvalue weighted by atomic mass is 10.0. The molecule has 0 bridgehead atoms. The van der Waals surface area contributed by atoms with E-state index in [1.807, 2.05) is 0 Å². The van der Waals surface area contributed by atoms with Gasteiger partial charge in [0.1, 0.15) is 0 Å². The maximum Gasteiger partial charge on any atom is 0.0223 e. The summed E-state index contributed by atoms with van der Waals surface area (Å²) in [4.78, 5) is 2.63. The summed E-state index contributed by atoms with van der Waals surface area (Å²) in [5.74, 6) is 0.740. The van der Waals surface area contributed by atoms with Crippen molar-refractivity contribution in [1.82, 2.24) is 10.2 Å². The fourth-order valence-electron chi connectivity index (χ4n) is 2.42. The number of nitrogens with zero attached hydrogens (tertiary/aromatic N) is 1. The monoisotopic (exact) mass is 228 g/mol. The molecule has 0 aromatic rings. The van der Waals surface area contributed by atoms with Crippen LogP contribution < -0.4 is 5.32 Å². The van der Waals surface area contributed by atoms with Gasteiger partial charge in [0, 0.05) is 24.7 Å². The van der Waals surface area contributed by atoms with Gasteiger partial charge in [0.05, 0.1) is 0 Å². The van der Waals surface area contributed by atoms with Crippen LogP contribution in [-0.2, 0) is 0 Å². The van der Waals surface area contributed by atoms with Gasteiger partial charge in [0.2, 0.25) is 0 Å². The summed E-state index contributed by atoms with van der Waals surface area (Å²) in [5, 5.41) is 3.60. The first-order valence-corrected chi connectivity index (χ1v) is 6.93. The molecule has 0 saturated carbocycles. The Bertz CT molecular complexity index is 166. The fourth-order valence-corrected chi connectivity index (χ4v) is 2.42. The standard InChI is InChI=1S/C14H32N2/c1-8-14(15-9-2)13(7)16(12(5)6)10-11(3)4/h11-15H,8-10H2,1-7H3. The van der Waals surface area contributed by atoms with Gasteiger partial charge in [-0.25, -0.2) is 0 Å². The van der Waals surface area contributed by atoms with Crippen LogP contribution in [0.5, 0.6) is 0 Å². The molecule has 0 aliphatic rings. The molecule has 2 unspecified atom stereocenters. The second-order valence-electron chi connectivity index (χ2n) is 5.50. The average molecular weight is 228 g/mol. The summed E-state index contributed by atoms with van der Waals surface area (Å²) in [6.07, 6.45) is 1.20. The molecule has 16 heavy (non-hydrogen) atoms. The highest BCUT2D eigenvalue weighted by atomic mass is 15.2. The van der Waals surface area contributed by atoms with Crippen LogP contribution in [0, 0.1) is 5.92 Å². The van der Waals surface area contributed by atoms with Gasteiger partial charge in [-0.15, -0.1) is 0 Å². The molecule has 0 amide bonds. The van der Waals surface area contributed by atoms with Gasteiger partial charge in [-0.3, -0.25) is 4.90 Å². The predicted molar refractivity (Wildman–Crippen MR) is 73.9 cm³/mol. The van der Waals surface area contributed by atoms with E-state index in [4.69, 9.17) is 0 Å². The number of rotatable bonds is 8. The Hall–Kier alpha value is -0.0800. The van der Waals surface area contributed by atoms with Gasteiger partial charge < -0.3 is 5.32 Å². The van der Waals surface area contributed by atoms with Gasteiger partial charge >= 0.3 is 0 Å². The molecular formula is C14H32N2. The van der Waals surface area contributed by atoms with Gasteiger partial charge in [-0.05, 0) is 39.7 Å². The molecule has 0 aliphatic carbocycles. The zero-order chi connectivity index (χ0) is 12.7. The van der Waals surface area contributed by atoms with Crippen LogP contribution in [0.1, 0.15) is 54.9 Å². The smallest absolute Gasteiger partial charge is 0.0223 e. The van der Waals surface area contributed by atoms with Gasteiger partial charge in [0.15, 0.2) is 0 Å². The Labute approximate surface area is 103 Å². The highest BCUT2D eigenvalue weighted by Gasteiger charge is 2.24. The molecule has 0 aromatic heterocycles. The molecule has 2 nitrogen and oxygen atoms in total. The van der Waals surface area contributed by atoms with Crippen molar-refractivity contribution in [3.63, 3.8) is 0 Å². The lowest BCUT2D eigenvalue weighted by Crippen LogP contribution is -2.51. The van der Waals surface area contributed by atoms with Crippen molar-refractivity contribution in [3.05, 3.63) is 0 Å². The van der Waals surface area contributed by atoms with Crippen LogP contribution in [0.15, 0.2) is 0 Å². The molecule has 0 heterocycles. The molecular weight excluding hydrogens is 196 g/mol. The van der Waals surface area contributed by atoms with Crippen molar-refractivity contribution in [1.29, 1.82) is 0 Å². The molecule has 0 aliphatic heterocycles. The lowest BCUT2D eigenvalue weighted by molar-refractivity contribution is 0.115. The summed E-state index contributed by atoms with van der Waals surface area (Å²) in [7, 11) is 0. The predicted octanol–water partition coefficient (Wildman–Crippen LogP) is 3.13. The Morgan fingerprint density at radius 1 is 1.00 bits per heavy atom. The summed E-state index contributed by atoms with van der Waals surface area (Å²) in [6.45, 7) is 18.3. The number of likely N-dealkylation sites (N-methyl/N-ethyl adjacent to an activating group) is 1. The summed E-state index contributed by atoms with van der Waals surface area (Å²) in [6, 6.07) is 1.86. The van der Waals surface area contributed by atoms with E-state index in [1.54, 1.807) is 0 Å². The molecule has 98 valence electrons. The van der Waals surface area contributed by atoms with Gasteiger partial charge in [-0.1, -0.05) is 27.7 Å². The van der Waals surface area contributed by atoms with E-state index in [0.717, 1.165) is 12.5 Å². The van der Waals surface area contributed by atoms with E-state index in [2.05, 4.69) is 58.7 Å². The van der Waals surface area contributed by atoms with Crippen molar-refractivity contribution in [2.45, 2.75) is 73.0 Å². The summed E-state index contributed by atoms with van der Waals surface area (Å²) >= 11 is 0. The Kier molecular flexibility index (Phi) is 8.04. The van der Waals surface area contributed by atoms with E-state index in [9.17, 15) is 0 Å². The van der Waals surface area contributed by atoms with Gasteiger partial charge in [-0.2, -0.15) is 0 Å². The molecule has 0 saturated heterocycles. The number of hydrogen-bond acceptors (Lipinski definition) is 2. The van der Waals surface area contributed by atoms with E-state index < -0.39 is 0 Å². The average Bonchev–Trinajstić information content (AvgIpc) is 2.21. The van der Waals surface area contributed by atoms with Crippen molar-refractivity contribution in [2.24, 2.45) is 5.92 Å². The van der Waals surface area contributed by atoms with Crippen LogP contribution in [0.3, 0.4) is 0 Å². The minimum atomic E-state index is 0.617. The lowest BCUT2D eigenvalue weighted by Gasteiger charge is -2.38. The van der Waals surface area contributed by atoms with E-state index in [-0.39, 0.29) is 0 Å². The number of nitrogens with one attached hydrogen (secondary N) is 1. The van der Waals surface area contributed by atoms with Crippen LogP contribution in [0.25, 0.3) is 0 Å². The van der Waals surface area contributed by atoms with E-state index in [1.165, 1.54) is 13.0 Å². The third kappa shape index (κ3) is 5.31. The first-order chi connectivity index (χ1) is 7.43. The highest BCUT2D eigenvalue weighted by Crippen LogP contribution is 2.14. The molecule has 0 aromatic carbocycles. The first-order valence-electron chi connectivity index (χ1n) is 6.93. The van der Waals surface area contributed by atoms with Crippen LogP contribution in [0.2, 0.25) is 0 Å². The third-order valence-electron chi connectivity index (χ3n) is 3.25. The van der Waals surface area contributed by atoms with Crippen molar-refractivity contribution in [3.8, 4) is 0 Å². The van der Waals surface area contributed by atoms with E-state index in [0.29, 0.717) is 18.1 Å². The molecule has 2 atom stereocenters. The molecule has 2 heteroatoms. The van der Waals surface area contributed by atoms with Crippen LogP contribution in [-0.4, -0.2) is 36.1 Å². The van der Waals surface area contributed by atoms with Gasteiger partial charge in [0.25, 0.3) is 0 Å². The second kappa shape index (κ2) is 8.08. The fraction of sp³-hybridized carbons (Fsp3) is 1.00. The first kappa shape index (κ1) is 15.9. The molecule has 0 rings (SSSR count). The molecule has 0 fully saturated rings. The van der Waals surface area contributed by atoms with Crippen molar-refractivity contribution < 1.29 is 0 Å². The molecule has 0 spiro atoms. The zero-order valence-corrected chi connectivity index (χ0v) is 12.4. The van der Waals surface area contributed by atoms with E-state index >= 15 is 0 Å². The minimum absolute atomic E-state index is 0.617. The van der Waals surface area contributed by atoms with Crippen molar-refractivity contribution >= 4 is 0 Å². The SMILES string of the molecule is CCNC(CC)C(C)N(CC(C)C)C(C)C. The molecule has 1 N–H and O–H groups in total. The Balaban J connectivity index is 4.50. The Morgan fingerprint density at radius 2 is 1.56 bits per heavy atom. The van der Waals surface area contributed by atoms with Crippen LogP contribution in [0.4, 0.5) is 0 Å². The molecule has 0 radical (unpaired) electrons. The number of hydrogen-bond donors (Lipinski definition) is 1. The van der Waals surface area contributed by atoms with Crippen molar-refractivity contribution in [2.75, 3.05) is 13.1 Å². The largest absolute Gasteiger partial charge is 0.313 e. The zero-order valence-electron chi connectivity index (χ0n) is 12.4. The maximum absolute atomic E-state index is 3.60. The van der Waals surface area contributed by atoms with Crippen LogP contribution >= 0.6 is 0 Å². The summed E-state index contributed by atoms with van der Waals surface area (Å²) in [5.41, 5.74) is 0. The normalized spacial score (nSPS) is 16.1. The topological polar surface area (TPSA) is 15.3 Å². The Morgan fingerprint density at radius 3 is 1.88 bits per heavy atom. The quantitative estimate of drug-likeness (QED) is 0.686. The second-order valence-corrected chi connectivity index (χ2v) is 5.50. The minimum Gasteiger partial charge on any atom is -0.313 e. The highest BCUT2D eigenvalue weighted by molar-refractivity contribution is 4.82. The third-order valence-corrected chi connectivity index (χ3v) is 3.25. The maximum atomic E-state index is 3.60.